The number of amidine groups is 1. The molecule has 1 N–H and O–H groups in total. The molecule has 0 bridgehead atoms. The number of rotatable bonds is 6. The van der Waals surface area contributed by atoms with Gasteiger partial charge in [-0.1, -0.05) is 12.1 Å². The summed E-state index contributed by atoms with van der Waals surface area (Å²) in [5.41, 5.74) is -0.772. The van der Waals surface area contributed by atoms with Crippen LogP contribution in [0.4, 0.5) is 8.78 Å². The standard InChI is InChI=1S/C21H29F2N3O4.C2H2/c1-4-29-20(24-13-21(2,3)28)26-11-14-9-25(10-15(14)12-26)18(27)16-7-5-6-8-17(16)30-19(22)23;1-2/h5-8,14-15,19,28H,4,9-13H2,1-3H3;1-2H. The number of fused-ring (bicyclic) bond motifs is 1. The molecule has 1 amide bonds. The van der Waals surface area contributed by atoms with Gasteiger partial charge in [-0.2, -0.15) is 8.78 Å². The Labute approximate surface area is 188 Å². The quantitative estimate of drug-likeness (QED) is 0.409. The van der Waals surface area contributed by atoms with E-state index in [4.69, 9.17) is 4.74 Å². The van der Waals surface area contributed by atoms with Crippen LogP contribution >= 0.6 is 0 Å². The van der Waals surface area contributed by atoms with Crippen molar-refractivity contribution in [3.8, 4) is 18.6 Å². The molecule has 32 heavy (non-hydrogen) atoms. The number of carbonyl (C=O) groups excluding carboxylic acids is 1. The molecule has 1 aromatic rings. The maximum atomic E-state index is 12.9. The Balaban J connectivity index is 0.00000176. The van der Waals surface area contributed by atoms with E-state index in [0.29, 0.717) is 38.8 Å². The first-order chi connectivity index (χ1) is 15.2. The number of halogens is 2. The molecule has 7 nitrogen and oxygen atoms in total. The van der Waals surface area contributed by atoms with Crippen LogP contribution in [0.1, 0.15) is 31.1 Å². The molecule has 0 spiro atoms. The maximum absolute atomic E-state index is 12.9. The topological polar surface area (TPSA) is 74.6 Å². The molecule has 176 valence electrons. The number of aliphatic hydroxyl groups is 1. The molecule has 0 aliphatic carbocycles. The average Bonchev–Trinajstić information content (AvgIpc) is 3.31. The van der Waals surface area contributed by atoms with E-state index in [2.05, 4.69) is 27.5 Å². The van der Waals surface area contributed by atoms with Crippen molar-refractivity contribution in [2.24, 2.45) is 16.8 Å². The Bertz CT molecular complexity index is 809. The molecule has 0 radical (unpaired) electrons. The molecule has 0 saturated carbocycles. The van der Waals surface area contributed by atoms with E-state index < -0.39 is 12.2 Å². The van der Waals surface area contributed by atoms with E-state index in [1.165, 1.54) is 12.1 Å². The largest absolute Gasteiger partial charge is 0.465 e. The molecule has 9 heteroatoms. The van der Waals surface area contributed by atoms with Crippen molar-refractivity contribution in [1.82, 2.24) is 9.80 Å². The van der Waals surface area contributed by atoms with E-state index >= 15 is 0 Å². The van der Waals surface area contributed by atoms with E-state index in [1.54, 1.807) is 30.9 Å². The van der Waals surface area contributed by atoms with Gasteiger partial charge < -0.3 is 24.4 Å². The second-order valence-electron chi connectivity index (χ2n) is 8.35. The fraction of sp³-hybridized carbons (Fsp3) is 0.565. The summed E-state index contributed by atoms with van der Waals surface area (Å²) < 4.78 is 35.5. The molecule has 2 fully saturated rings. The van der Waals surface area contributed by atoms with Crippen molar-refractivity contribution in [3.05, 3.63) is 29.8 Å². The van der Waals surface area contributed by atoms with Crippen LogP contribution in [-0.2, 0) is 4.74 Å². The third-order valence-corrected chi connectivity index (χ3v) is 5.25. The molecule has 3 rings (SSSR count). The summed E-state index contributed by atoms with van der Waals surface area (Å²) in [6.07, 6.45) is 8.00. The molecule has 2 atom stereocenters. The Morgan fingerprint density at radius 3 is 2.28 bits per heavy atom. The monoisotopic (exact) mass is 451 g/mol. The highest BCUT2D eigenvalue weighted by Gasteiger charge is 2.43. The molecule has 1 aromatic carbocycles. The summed E-state index contributed by atoms with van der Waals surface area (Å²) in [4.78, 5) is 21.1. The van der Waals surface area contributed by atoms with Crippen LogP contribution in [0.3, 0.4) is 0 Å². The summed E-state index contributed by atoms with van der Waals surface area (Å²) in [5.74, 6) is 0.0799. The number of carbonyl (C=O) groups is 1. The predicted octanol–water partition coefficient (Wildman–Crippen LogP) is 2.70. The highest BCUT2D eigenvalue weighted by Crippen LogP contribution is 2.33. The van der Waals surface area contributed by atoms with Crippen LogP contribution in [0, 0.1) is 24.7 Å². The van der Waals surface area contributed by atoms with Gasteiger partial charge in [-0.3, -0.25) is 4.79 Å². The summed E-state index contributed by atoms with van der Waals surface area (Å²) >= 11 is 0. The van der Waals surface area contributed by atoms with E-state index in [-0.39, 0.29) is 35.6 Å². The van der Waals surface area contributed by atoms with Gasteiger partial charge in [-0.15, -0.1) is 12.8 Å². The zero-order chi connectivity index (χ0) is 23.9. The summed E-state index contributed by atoms with van der Waals surface area (Å²) in [6, 6.07) is 6.61. The van der Waals surface area contributed by atoms with Crippen molar-refractivity contribution in [2.75, 3.05) is 39.3 Å². The van der Waals surface area contributed by atoms with Crippen LogP contribution in [0.15, 0.2) is 29.3 Å². The lowest BCUT2D eigenvalue weighted by atomic mass is 10.0. The van der Waals surface area contributed by atoms with Crippen LogP contribution in [0.2, 0.25) is 0 Å². The lowest BCUT2D eigenvalue weighted by Crippen LogP contribution is -2.37. The third kappa shape index (κ3) is 6.57. The SMILES string of the molecule is C#C.CCOC(=NCC(C)(C)O)N1CC2CN(C(=O)c3ccccc3OC(F)F)CC2C1. The minimum absolute atomic E-state index is 0.103. The second-order valence-corrected chi connectivity index (χ2v) is 8.35. The van der Waals surface area contributed by atoms with Gasteiger partial charge in [0.05, 0.1) is 24.3 Å². The normalized spacial score (nSPS) is 20.6. The Hall–Kier alpha value is -2.86. The first-order valence-electron chi connectivity index (χ1n) is 10.5. The summed E-state index contributed by atoms with van der Waals surface area (Å²) in [6.45, 7) is 5.45. The van der Waals surface area contributed by atoms with E-state index in [1.807, 2.05) is 6.92 Å². The van der Waals surface area contributed by atoms with Gasteiger partial charge in [0.25, 0.3) is 11.9 Å². The highest BCUT2D eigenvalue weighted by atomic mass is 19.3. The Morgan fingerprint density at radius 2 is 1.75 bits per heavy atom. The lowest BCUT2D eigenvalue weighted by Gasteiger charge is -2.25. The molecule has 2 heterocycles. The van der Waals surface area contributed by atoms with Gasteiger partial charge in [-0.25, -0.2) is 4.99 Å². The van der Waals surface area contributed by atoms with Gasteiger partial charge in [0.1, 0.15) is 5.75 Å². The predicted molar refractivity (Wildman–Crippen MR) is 118 cm³/mol. The number of nitrogens with zero attached hydrogens (tertiary/aromatic N) is 3. The van der Waals surface area contributed by atoms with Crippen LogP contribution < -0.4 is 4.74 Å². The van der Waals surface area contributed by atoms with Crippen molar-refractivity contribution in [1.29, 1.82) is 0 Å². The van der Waals surface area contributed by atoms with Gasteiger partial charge in [0.2, 0.25) is 0 Å². The Morgan fingerprint density at radius 1 is 1.19 bits per heavy atom. The maximum Gasteiger partial charge on any atom is 0.387 e. The first-order valence-corrected chi connectivity index (χ1v) is 10.5. The minimum atomic E-state index is -2.98. The second kappa shape index (κ2) is 11.1. The molecule has 0 aromatic heterocycles. The summed E-state index contributed by atoms with van der Waals surface area (Å²) in [7, 11) is 0. The van der Waals surface area contributed by atoms with Crippen LogP contribution in [0.25, 0.3) is 0 Å². The lowest BCUT2D eigenvalue weighted by molar-refractivity contribution is -0.0502. The van der Waals surface area contributed by atoms with Crippen LogP contribution in [-0.4, -0.2) is 78.4 Å². The van der Waals surface area contributed by atoms with Crippen LogP contribution in [0.5, 0.6) is 5.75 Å². The number of amides is 1. The number of para-hydroxylation sites is 1. The number of hydrogen-bond acceptors (Lipinski definition) is 5. The zero-order valence-corrected chi connectivity index (χ0v) is 18.7. The smallest absolute Gasteiger partial charge is 0.387 e. The van der Waals surface area contributed by atoms with Crippen molar-refractivity contribution < 1.29 is 28.2 Å². The average molecular weight is 452 g/mol. The van der Waals surface area contributed by atoms with Gasteiger partial charge in [0.15, 0.2) is 0 Å². The van der Waals surface area contributed by atoms with Crippen molar-refractivity contribution in [2.45, 2.75) is 33.0 Å². The number of ether oxygens (including phenoxy) is 2. The molecule has 2 aliphatic heterocycles. The van der Waals surface area contributed by atoms with Gasteiger partial charge in [-0.05, 0) is 32.9 Å². The summed E-state index contributed by atoms with van der Waals surface area (Å²) in [5, 5.41) is 9.94. The fourth-order valence-corrected chi connectivity index (χ4v) is 3.95. The van der Waals surface area contributed by atoms with Gasteiger partial charge in [0, 0.05) is 38.0 Å². The van der Waals surface area contributed by atoms with Crippen molar-refractivity contribution >= 4 is 11.9 Å². The number of alkyl halides is 2. The molecule has 2 aliphatic rings. The number of likely N-dealkylation sites (tertiary alicyclic amines) is 2. The highest BCUT2D eigenvalue weighted by molar-refractivity contribution is 5.97. The van der Waals surface area contributed by atoms with E-state index in [0.717, 1.165) is 0 Å². The molecular weight excluding hydrogens is 420 g/mol. The third-order valence-electron chi connectivity index (χ3n) is 5.25. The fourth-order valence-electron chi connectivity index (χ4n) is 3.95. The molecular formula is C23H31F2N3O4. The van der Waals surface area contributed by atoms with E-state index in [9.17, 15) is 18.7 Å². The molecule has 2 saturated heterocycles. The van der Waals surface area contributed by atoms with Crippen molar-refractivity contribution in [3.63, 3.8) is 0 Å². The number of benzene rings is 1. The number of terminal acetylenes is 1. The Kier molecular flexibility index (Phi) is 8.84. The number of hydrogen-bond donors (Lipinski definition) is 1. The van der Waals surface area contributed by atoms with Gasteiger partial charge >= 0.3 is 6.61 Å². The first kappa shape index (κ1) is 25.4. The molecule has 2 unspecified atom stereocenters. The number of aliphatic imine (C=N–C) groups is 1. The zero-order valence-electron chi connectivity index (χ0n) is 18.7. The minimum Gasteiger partial charge on any atom is -0.465 e.